The second-order valence-electron chi connectivity index (χ2n) is 6.89. The van der Waals surface area contributed by atoms with Crippen molar-refractivity contribution in [3.05, 3.63) is 113 Å². The van der Waals surface area contributed by atoms with Gasteiger partial charge in [-0.1, -0.05) is 60.2 Å². The van der Waals surface area contributed by atoms with Gasteiger partial charge in [0, 0.05) is 16.9 Å². The molecule has 0 aromatic heterocycles. The summed E-state index contributed by atoms with van der Waals surface area (Å²) < 4.78 is 6.14. The van der Waals surface area contributed by atoms with Crippen LogP contribution in [0.2, 0.25) is 0 Å². The summed E-state index contributed by atoms with van der Waals surface area (Å²) in [5, 5.41) is 12.6. The number of allylic oxidation sites excluding steroid dienone is 3. The smallest absolute Gasteiger partial charge is 0.335 e. The van der Waals surface area contributed by atoms with Gasteiger partial charge in [0.15, 0.2) is 0 Å². The predicted octanol–water partition coefficient (Wildman–Crippen LogP) is 6.30. The van der Waals surface area contributed by atoms with E-state index in [1.54, 1.807) is 18.2 Å². The van der Waals surface area contributed by atoms with Crippen molar-refractivity contribution in [2.45, 2.75) is 20.5 Å². The van der Waals surface area contributed by atoms with Crippen LogP contribution in [0.4, 0.5) is 5.69 Å². The number of rotatable bonds is 8. The molecule has 0 saturated heterocycles. The van der Waals surface area contributed by atoms with Crippen LogP contribution in [0.15, 0.2) is 91.0 Å². The van der Waals surface area contributed by atoms with E-state index in [1.165, 1.54) is 0 Å². The minimum Gasteiger partial charge on any atom is -0.488 e. The Balaban J connectivity index is 1.94. The summed E-state index contributed by atoms with van der Waals surface area (Å²) >= 11 is 0. The first kappa shape index (κ1) is 20.9. The van der Waals surface area contributed by atoms with Crippen LogP contribution >= 0.6 is 0 Å². The van der Waals surface area contributed by atoms with Crippen LogP contribution in [-0.2, 0) is 6.61 Å². The number of aromatic carboxylic acids is 1. The van der Waals surface area contributed by atoms with Gasteiger partial charge in [-0.3, -0.25) is 0 Å². The maximum absolute atomic E-state index is 11.3. The molecule has 30 heavy (non-hydrogen) atoms. The highest BCUT2D eigenvalue weighted by Gasteiger charge is 2.12. The Morgan fingerprint density at radius 1 is 1.03 bits per heavy atom. The maximum Gasteiger partial charge on any atom is 0.335 e. The van der Waals surface area contributed by atoms with Crippen LogP contribution < -0.4 is 10.1 Å². The largest absolute Gasteiger partial charge is 0.488 e. The summed E-state index contributed by atoms with van der Waals surface area (Å²) in [5.41, 5.74) is 4.85. The lowest BCUT2D eigenvalue weighted by molar-refractivity contribution is 0.0697. The molecule has 152 valence electrons. The number of anilines is 1. The van der Waals surface area contributed by atoms with E-state index in [2.05, 4.69) is 11.4 Å². The quantitative estimate of drug-likeness (QED) is 0.436. The van der Waals surface area contributed by atoms with Crippen LogP contribution in [0.1, 0.15) is 34.0 Å². The Hall–Kier alpha value is -3.79. The fraction of sp³-hybridized carbons (Fsp3) is 0.115. The summed E-state index contributed by atoms with van der Waals surface area (Å²) in [6.45, 7) is 4.44. The third-order valence-electron chi connectivity index (χ3n) is 4.51. The maximum atomic E-state index is 11.3. The number of hydrogen-bond acceptors (Lipinski definition) is 3. The van der Waals surface area contributed by atoms with Gasteiger partial charge in [-0.05, 0) is 55.8 Å². The molecule has 0 fully saturated rings. The summed E-state index contributed by atoms with van der Waals surface area (Å²) in [6, 6.07) is 22.8. The van der Waals surface area contributed by atoms with Gasteiger partial charge in [0.05, 0.1) is 5.56 Å². The van der Waals surface area contributed by atoms with Crippen molar-refractivity contribution < 1.29 is 14.6 Å². The summed E-state index contributed by atoms with van der Waals surface area (Å²) in [6.07, 6.45) is 5.83. The Bertz CT molecular complexity index is 1070. The van der Waals surface area contributed by atoms with E-state index < -0.39 is 5.97 Å². The van der Waals surface area contributed by atoms with E-state index in [-0.39, 0.29) is 5.56 Å². The van der Waals surface area contributed by atoms with Gasteiger partial charge < -0.3 is 15.2 Å². The molecule has 0 saturated carbocycles. The molecule has 0 aliphatic heterocycles. The number of aryl methyl sites for hydroxylation is 1. The van der Waals surface area contributed by atoms with Gasteiger partial charge in [0.2, 0.25) is 0 Å². The molecular formula is C26H25NO3. The fourth-order valence-electron chi connectivity index (χ4n) is 2.99. The van der Waals surface area contributed by atoms with Crippen molar-refractivity contribution in [1.29, 1.82) is 0 Å². The lowest BCUT2D eigenvalue weighted by Crippen LogP contribution is -2.05. The lowest BCUT2D eigenvalue weighted by Gasteiger charge is -2.17. The monoisotopic (exact) mass is 399 g/mol. The Labute approximate surface area is 177 Å². The average Bonchev–Trinajstić information content (AvgIpc) is 2.76. The van der Waals surface area contributed by atoms with Crippen LogP contribution in [0.25, 0.3) is 5.70 Å². The topological polar surface area (TPSA) is 58.6 Å². The van der Waals surface area contributed by atoms with Gasteiger partial charge in [0.25, 0.3) is 0 Å². The van der Waals surface area contributed by atoms with Crippen molar-refractivity contribution in [2.75, 3.05) is 5.32 Å². The van der Waals surface area contributed by atoms with Gasteiger partial charge >= 0.3 is 5.97 Å². The molecule has 0 heterocycles. The highest BCUT2D eigenvalue weighted by atomic mass is 16.5. The Morgan fingerprint density at radius 3 is 2.57 bits per heavy atom. The van der Waals surface area contributed by atoms with Crippen molar-refractivity contribution in [1.82, 2.24) is 0 Å². The van der Waals surface area contributed by atoms with Crippen LogP contribution in [-0.4, -0.2) is 11.1 Å². The minimum atomic E-state index is -0.958. The zero-order valence-electron chi connectivity index (χ0n) is 17.1. The first-order chi connectivity index (χ1) is 14.6. The van der Waals surface area contributed by atoms with Crippen molar-refractivity contribution in [3.8, 4) is 5.75 Å². The zero-order valence-corrected chi connectivity index (χ0v) is 17.1. The number of ether oxygens (including phenoxy) is 1. The molecule has 0 bridgehead atoms. The number of carboxylic acid groups (broad SMARTS) is 1. The number of carboxylic acids is 1. The van der Waals surface area contributed by atoms with Crippen LogP contribution in [0.3, 0.4) is 0 Å². The second-order valence-corrected chi connectivity index (χ2v) is 6.89. The second kappa shape index (κ2) is 10.1. The summed E-state index contributed by atoms with van der Waals surface area (Å²) in [5.74, 6) is -0.206. The molecule has 0 aliphatic rings. The van der Waals surface area contributed by atoms with Crippen molar-refractivity contribution in [3.63, 3.8) is 0 Å². The summed E-state index contributed by atoms with van der Waals surface area (Å²) in [7, 11) is 0. The molecule has 4 heteroatoms. The molecule has 2 N–H and O–H groups in total. The SMILES string of the molecule is C/C=C/C=C(\Nc1cccc(C(=O)O)c1)c1cc(C)ccc1OCc1ccccc1. The molecular weight excluding hydrogens is 374 g/mol. The molecule has 3 aromatic carbocycles. The van der Waals surface area contributed by atoms with E-state index >= 15 is 0 Å². The minimum absolute atomic E-state index is 0.232. The average molecular weight is 399 g/mol. The van der Waals surface area contributed by atoms with Gasteiger partial charge in [-0.2, -0.15) is 0 Å². The molecule has 0 spiro atoms. The first-order valence-electron chi connectivity index (χ1n) is 9.78. The highest BCUT2D eigenvalue weighted by Crippen LogP contribution is 2.30. The number of nitrogens with one attached hydrogen (secondary N) is 1. The van der Waals surface area contributed by atoms with E-state index in [4.69, 9.17) is 4.74 Å². The predicted molar refractivity (Wildman–Crippen MR) is 122 cm³/mol. The van der Waals surface area contributed by atoms with E-state index in [1.807, 2.05) is 80.6 Å². The molecule has 0 radical (unpaired) electrons. The van der Waals surface area contributed by atoms with Crippen molar-refractivity contribution >= 4 is 17.4 Å². The molecule has 3 aromatic rings. The molecule has 0 atom stereocenters. The van der Waals surface area contributed by atoms with Gasteiger partial charge in [-0.25, -0.2) is 4.79 Å². The van der Waals surface area contributed by atoms with Crippen LogP contribution in [0, 0.1) is 6.92 Å². The zero-order chi connectivity index (χ0) is 21.3. The summed E-state index contributed by atoms with van der Waals surface area (Å²) in [4.78, 5) is 11.3. The third-order valence-corrected chi connectivity index (χ3v) is 4.51. The number of benzene rings is 3. The molecule has 0 unspecified atom stereocenters. The third kappa shape index (κ3) is 5.61. The molecule has 3 rings (SSSR count). The standard InChI is InChI=1S/C26H25NO3/c1-3-4-13-24(27-22-12-8-11-21(17-22)26(28)29)23-16-19(2)14-15-25(23)30-18-20-9-6-5-7-10-20/h3-17,27H,18H2,1-2H3,(H,28,29)/b4-3+,24-13-. The Kier molecular flexibility index (Phi) is 7.06. The molecule has 4 nitrogen and oxygen atoms in total. The van der Waals surface area contributed by atoms with E-state index in [0.29, 0.717) is 12.3 Å². The van der Waals surface area contributed by atoms with Crippen LogP contribution in [0.5, 0.6) is 5.75 Å². The van der Waals surface area contributed by atoms with Gasteiger partial charge in [0.1, 0.15) is 12.4 Å². The highest BCUT2D eigenvalue weighted by molar-refractivity contribution is 5.90. The first-order valence-corrected chi connectivity index (χ1v) is 9.78. The van der Waals surface area contributed by atoms with E-state index in [9.17, 15) is 9.90 Å². The molecule has 0 amide bonds. The number of carbonyl (C=O) groups is 1. The number of hydrogen-bond donors (Lipinski definition) is 2. The normalized spacial score (nSPS) is 11.5. The molecule has 0 aliphatic carbocycles. The van der Waals surface area contributed by atoms with E-state index in [0.717, 1.165) is 28.1 Å². The Morgan fingerprint density at radius 2 is 1.83 bits per heavy atom. The van der Waals surface area contributed by atoms with Crippen molar-refractivity contribution in [2.24, 2.45) is 0 Å². The lowest BCUT2D eigenvalue weighted by atomic mass is 10.1. The van der Waals surface area contributed by atoms with Gasteiger partial charge in [-0.15, -0.1) is 0 Å². The fourth-order valence-corrected chi connectivity index (χ4v) is 2.99.